The summed E-state index contributed by atoms with van der Waals surface area (Å²) in [5.74, 6) is 0.689. The molecule has 0 heterocycles. The molecule has 0 aromatic heterocycles. The van der Waals surface area contributed by atoms with E-state index in [2.05, 4.69) is 18.2 Å². The SMILES string of the molecule is O=C(/C=C(/C(=O)OC1=CCCCCCCCC1)C1=CCCCCCCCC1)OC1=CCCCCCCCC1. The van der Waals surface area contributed by atoms with Gasteiger partial charge in [0.15, 0.2) is 0 Å². The van der Waals surface area contributed by atoms with Crippen LogP contribution >= 0.6 is 0 Å². The first-order valence-corrected chi connectivity index (χ1v) is 16.0. The molecule has 3 aliphatic carbocycles. The summed E-state index contributed by atoms with van der Waals surface area (Å²) in [7, 11) is 0. The van der Waals surface area contributed by atoms with Gasteiger partial charge in [0.25, 0.3) is 0 Å². The fraction of sp³-hybridized carbons (Fsp3) is 0.706. The van der Waals surface area contributed by atoms with Crippen LogP contribution in [0, 0.1) is 0 Å². The van der Waals surface area contributed by atoms with Gasteiger partial charge in [0.1, 0.15) is 11.5 Å². The summed E-state index contributed by atoms with van der Waals surface area (Å²) >= 11 is 0. The van der Waals surface area contributed by atoms with Crippen LogP contribution in [0.3, 0.4) is 0 Å². The maximum Gasteiger partial charge on any atom is 0.343 e. The van der Waals surface area contributed by atoms with Gasteiger partial charge in [-0.15, -0.1) is 0 Å². The average molecular weight is 525 g/mol. The van der Waals surface area contributed by atoms with Crippen LogP contribution in [0.25, 0.3) is 0 Å². The molecule has 0 saturated heterocycles. The summed E-state index contributed by atoms with van der Waals surface area (Å²) < 4.78 is 11.9. The normalized spacial score (nSPS) is 22.1. The van der Waals surface area contributed by atoms with Gasteiger partial charge in [-0.25, -0.2) is 9.59 Å². The van der Waals surface area contributed by atoms with Crippen molar-refractivity contribution in [2.45, 2.75) is 154 Å². The Morgan fingerprint density at radius 2 is 0.921 bits per heavy atom. The lowest BCUT2D eigenvalue weighted by molar-refractivity contribution is -0.137. The van der Waals surface area contributed by atoms with Gasteiger partial charge in [0.2, 0.25) is 0 Å². The molecule has 0 aliphatic heterocycles. The zero-order valence-electron chi connectivity index (χ0n) is 23.9. The van der Waals surface area contributed by atoms with Crippen molar-refractivity contribution < 1.29 is 19.1 Å². The second kappa shape index (κ2) is 19.0. The van der Waals surface area contributed by atoms with Crippen molar-refractivity contribution in [1.82, 2.24) is 0 Å². The molecule has 0 saturated carbocycles. The molecule has 0 aromatic carbocycles. The van der Waals surface area contributed by atoms with Crippen molar-refractivity contribution >= 4 is 11.9 Å². The topological polar surface area (TPSA) is 52.6 Å². The van der Waals surface area contributed by atoms with Gasteiger partial charge in [0.05, 0.1) is 5.57 Å². The van der Waals surface area contributed by atoms with Gasteiger partial charge in [-0.1, -0.05) is 83.1 Å². The summed E-state index contributed by atoms with van der Waals surface area (Å²) in [6.45, 7) is 0. The molecule has 3 aliphatic rings. The van der Waals surface area contributed by atoms with Crippen LogP contribution in [0.5, 0.6) is 0 Å². The predicted octanol–water partition coefficient (Wildman–Crippen LogP) is 10.1. The van der Waals surface area contributed by atoms with E-state index in [1.165, 1.54) is 76.7 Å². The number of esters is 2. The smallest absolute Gasteiger partial charge is 0.343 e. The minimum Gasteiger partial charge on any atom is -0.428 e. The Morgan fingerprint density at radius 1 is 0.500 bits per heavy atom. The van der Waals surface area contributed by atoms with E-state index in [9.17, 15) is 9.59 Å². The second-order valence-corrected chi connectivity index (χ2v) is 11.4. The Morgan fingerprint density at radius 3 is 1.47 bits per heavy atom. The van der Waals surface area contributed by atoms with E-state index in [1.54, 1.807) is 0 Å². The highest BCUT2D eigenvalue weighted by molar-refractivity contribution is 6.00. The van der Waals surface area contributed by atoms with Gasteiger partial charge in [-0.2, -0.15) is 0 Å². The summed E-state index contributed by atoms with van der Waals surface area (Å²) in [6, 6.07) is 0. The number of allylic oxidation sites excluding steroid dienone is 5. The molecule has 0 bridgehead atoms. The molecule has 0 spiro atoms. The number of ether oxygens (including phenoxy) is 2. The van der Waals surface area contributed by atoms with Crippen LogP contribution in [0.1, 0.15) is 154 Å². The largest absolute Gasteiger partial charge is 0.428 e. The van der Waals surface area contributed by atoms with Crippen molar-refractivity contribution in [3.63, 3.8) is 0 Å². The number of hydrogen-bond acceptors (Lipinski definition) is 4. The molecule has 0 unspecified atom stereocenters. The molecule has 0 radical (unpaired) electrons. The minimum absolute atomic E-state index is 0.395. The number of carbonyl (C=O) groups is 2. The summed E-state index contributed by atoms with van der Waals surface area (Å²) in [5.41, 5.74) is 1.35. The number of carbonyl (C=O) groups excluding carboxylic acids is 2. The monoisotopic (exact) mass is 524 g/mol. The fourth-order valence-electron chi connectivity index (χ4n) is 5.74. The van der Waals surface area contributed by atoms with Crippen LogP contribution < -0.4 is 0 Å². The molecule has 0 amide bonds. The van der Waals surface area contributed by atoms with E-state index in [0.29, 0.717) is 5.57 Å². The van der Waals surface area contributed by atoms with Gasteiger partial charge in [0, 0.05) is 18.9 Å². The highest BCUT2D eigenvalue weighted by Crippen LogP contribution is 2.26. The van der Waals surface area contributed by atoms with Gasteiger partial charge < -0.3 is 9.47 Å². The first-order chi connectivity index (χ1) is 18.7. The summed E-state index contributed by atoms with van der Waals surface area (Å²) in [5, 5.41) is 0. The fourth-order valence-corrected chi connectivity index (χ4v) is 5.74. The van der Waals surface area contributed by atoms with Crippen molar-refractivity contribution in [1.29, 1.82) is 0 Å². The zero-order chi connectivity index (χ0) is 26.7. The van der Waals surface area contributed by atoms with Gasteiger partial charge in [-0.05, 0) is 81.9 Å². The van der Waals surface area contributed by atoms with Gasteiger partial charge >= 0.3 is 11.9 Å². The van der Waals surface area contributed by atoms with E-state index < -0.39 is 11.9 Å². The van der Waals surface area contributed by atoms with Crippen LogP contribution in [-0.4, -0.2) is 11.9 Å². The zero-order valence-corrected chi connectivity index (χ0v) is 23.9. The second-order valence-electron chi connectivity index (χ2n) is 11.4. The lowest BCUT2D eigenvalue weighted by atomic mass is 9.95. The Bertz CT molecular complexity index is 845. The van der Waals surface area contributed by atoms with Gasteiger partial charge in [-0.3, -0.25) is 0 Å². The van der Waals surface area contributed by atoms with Crippen molar-refractivity contribution in [2.24, 2.45) is 0 Å². The summed E-state index contributed by atoms with van der Waals surface area (Å²) in [4.78, 5) is 26.8. The van der Waals surface area contributed by atoms with E-state index in [1.807, 2.05) is 0 Å². The Balaban J connectivity index is 1.79. The third kappa shape index (κ3) is 12.6. The molecule has 0 atom stereocenters. The molecule has 0 fully saturated rings. The molecule has 3 rings (SSSR count). The van der Waals surface area contributed by atoms with E-state index in [4.69, 9.17) is 9.47 Å². The molecule has 4 nitrogen and oxygen atoms in total. The predicted molar refractivity (Wildman–Crippen MR) is 155 cm³/mol. The van der Waals surface area contributed by atoms with E-state index >= 15 is 0 Å². The third-order valence-corrected chi connectivity index (χ3v) is 8.07. The van der Waals surface area contributed by atoms with Crippen LogP contribution in [0.4, 0.5) is 0 Å². The van der Waals surface area contributed by atoms with Crippen LogP contribution in [0.15, 0.2) is 47.0 Å². The highest BCUT2D eigenvalue weighted by atomic mass is 16.5. The van der Waals surface area contributed by atoms with Crippen molar-refractivity contribution in [2.75, 3.05) is 0 Å². The van der Waals surface area contributed by atoms with Crippen LogP contribution in [-0.2, 0) is 19.1 Å². The molecule has 0 N–H and O–H groups in total. The highest BCUT2D eigenvalue weighted by Gasteiger charge is 2.21. The maximum atomic E-state index is 13.6. The quantitative estimate of drug-likeness (QED) is 0.265. The molecular formula is C34H52O4. The lowest BCUT2D eigenvalue weighted by Crippen LogP contribution is -2.14. The van der Waals surface area contributed by atoms with Crippen LogP contribution in [0.2, 0.25) is 0 Å². The average Bonchev–Trinajstić information content (AvgIpc) is 2.93. The number of hydrogen-bond donors (Lipinski definition) is 0. The standard InChI is InChI=1S/C34H52O4/c35-33(37-30-24-18-12-6-2-7-13-19-25-30)28-32(29-22-16-10-4-1-5-11-17-23-29)34(36)38-31-26-20-14-8-3-9-15-21-27-31/h22,24,26,28H,1-21,23,25,27H2/b29-22?,30-24?,31-26?,32-28+. The third-order valence-electron chi connectivity index (χ3n) is 8.07. The van der Waals surface area contributed by atoms with Crippen molar-refractivity contribution in [3.8, 4) is 0 Å². The molecule has 212 valence electrons. The number of rotatable bonds is 5. The molecule has 0 aromatic rings. The first kappa shape index (κ1) is 30.4. The first-order valence-electron chi connectivity index (χ1n) is 16.0. The summed E-state index contributed by atoms with van der Waals surface area (Å²) in [6.07, 6.45) is 34.3. The Kier molecular flexibility index (Phi) is 15.3. The Labute approximate surface area is 232 Å². The molecule has 4 heteroatoms. The van der Waals surface area contributed by atoms with E-state index in [-0.39, 0.29) is 0 Å². The molecule has 38 heavy (non-hydrogen) atoms. The molecular weight excluding hydrogens is 472 g/mol. The van der Waals surface area contributed by atoms with E-state index in [0.717, 1.165) is 101 Å². The van der Waals surface area contributed by atoms with Crippen molar-refractivity contribution in [3.05, 3.63) is 47.0 Å². The lowest BCUT2D eigenvalue weighted by Gasteiger charge is -2.16. The minimum atomic E-state index is -0.446. The Hall–Kier alpha value is -2.10. The maximum absolute atomic E-state index is 13.6.